The molecule has 2 aromatic carbocycles. The lowest BCUT2D eigenvalue weighted by Gasteiger charge is -2.17. The van der Waals surface area contributed by atoms with Gasteiger partial charge in [-0.15, -0.1) is 0 Å². The van der Waals surface area contributed by atoms with Crippen LogP contribution in [-0.2, 0) is 13.0 Å². The molecule has 0 aliphatic carbocycles. The standard InChI is InChI=1S/C20H23NO5/c1-2-16(22)11-21-17-9-15-7-8-25-18(15)10-19(17)26-12-13-3-5-14(6-4-13)20(23)24/h3-6,9-10,16,21-22H,2,7-8,11-12H2,1H3,(H,23,24). The van der Waals surface area contributed by atoms with Gasteiger partial charge in [-0.05, 0) is 35.7 Å². The van der Waals surface area contributed by atoms with Crippen molar-refractivity contribution in [1.29, 1.82) is 0 Å². The minimum absolute atomic E-state index is 0.246. The Kier molecular flexibility index (Phi) is 5.63. The van der Waals surface area contributed by atoms with Crippen LogP contribution in [0.25, 0.3) is 0 Å². The molecule has 0 bridgehead atoms. The van der Waals surface area contributed by atoms with Crippen LogP contribution in [0.2, 0.25) is 0 Å². The molecule has 26 heavy (non-hydrogen) atoms. The highest BCUT2D eigenvalue weighted by Gasteiger charge is 2.17. The van der Waals surface area contributed by atoms with E-state index in [2.05, 4.69) is 5.32 Å². The minimum Gasteiger partial charge on any atom is -0.493 e. The molecule has 2 aromatic rings. The number of carbonyl (C=O) groups is 1. The number of hydrogen-bond donors (Lipinski definition) is 3. The van der Waals surface area contributed by atoms with E-state index in [1.165, 1.54) is 0 Å². The summed E-state index contributed by atoms with van der Waals surface area (Å²) >= 11 is 0. The highest BCUT2D eigenvalue weighted by molar-refractivity contribution is 5.87. The molecule has 0 fully saturated rings. The Morgan fingerprint density at radius 3 is 2.77 bits per heavy atom. The van der Waals surface area contributed by atoms with Crippen molar-refractivity contribution in [3.8, 4) is 11.5 Å². The molecular formula is C20H23NO5. The average molecular weight is 357 g/mol. The van der Waals surface area contributed by atoms with Gasteiger partial charge in [-0.25, -0.2) is 4.79 Å². The summed E-state index contributed by atoms with van der Waals surface area (Å²) in [6.07, 6.45) is 1.11. The molecule has 0 aromatic heterocycles. The highest BCUT2D eigenvalue weighted by Crippen LogP contribution is 2.36. The van der Waals surface area contributed by atoms with E-state index < -0.39 is 12.1 Å². The van der Waals surface area contributed by atoms with Crippen LogP contribution < -0.4 is 14.8 Å². The van der Waals surface area contributed by atoms with Crippen LogP contribution in [0.4, 0.5) is 5.69 Å². The van der Waals surface area contributed by atoms with E-state index in [-0.39, 0.29) is 5.56 Å². The van der Waals surface area contributed by atoms with E-state index in [0.717, 1.165) is 29.0 Å². The average Bonchev–Trinajstić information content (AvgIpc) is 3.11. The van der Waals surface area contributed by atoms with Gasteiger partial charge in [0.25, 0.3) is 0 Å². The minimum atomic E-state index is -0.950. The Morgan fingerprint density at radius 1 is 1.31 bits per heavy atom. The van der Waals surface area contributed by atoms with Crippen LogP contribution in [0.5, 0.6) is 11.5 Å². The fraction of sp³-hybridized carbons (Fsp3) is 0.350. The Morgan fingerprint density at radius 2 is 2.08 bits per heavy atom. The molecular weight excluding hydrogens is 334 g/mol. The predicted octanol–water partition coefficient (Wildman–Crippen LogP) is 3.08. The summed E-state index contributed by atoms with van der Waals surface area (Å²) in [4.78, 5) is 10.9. The van der Waals surface area contributed by atoms with Gasteiger partial charge in [0.15, 0.2) is 0 Å². The number of fused-ring (bicyclic) bond motifs is 1. The van der Waals surface area contributed by atoms with Gasteiger partial charge in [-0.3, -0.25) is 0 Å². The normalized spacial score (nSPS) is 13.6. The summed E-state index contributed by atoms with van der Waals surface area (Å²) in [6.45, 7) is 3.34. The van der Waals surface area contributed by atoms with Gasteiger partial charge in [0.1, 0.15) is 18.1 Å². The zero-order chi connectivity index (χ0) is 18.5. The third kappa shape index (κ3) is 4.26. The lowest BCUT2D eigenvalue weighted by molar-refractivity contribution is 0.0697. The molecule has 0 amide bonds. The number of anilines is 1. The molecule has 3 N–H and O–H groups in total. The van der Waals surface area contributed by atoms with Gasteiger partial charge in [0.2, 0.25) is 0 Å². The Bertz CT molecular complexity index is 773. The van der Waals surface area contributed by atoms with Crippen molar-refractivity contribution >= 4 is 11.7 Å². The van der Waals surface area contributed by atoms with Crippen molar-refractivity contribution in [2.45, 2.75) is 32.5 Å². The summed E-state index contributed by atoms with van der Waals surface area (Å²) in [7, 11) is 0. The smallest absolute Gasteiger partial charge is 0.335 e. The molecule has 1 aliphatic rings. The topological polar surface area (TPSA) is 88.0 Å². The summed E-state index contributed by atoms with van der Waals surface area (Å²) in [6, 6.07) is 10.5. The number of hydrogen-bond acceptors (Lipinski definition) is 5. The number of aliphatic hydroxyl groups is 1. The number of benzene rings is 2. The second kappa shape index (κ2) is 8.10. The van der Waals surface area contributed by atoms with Crippen LogP contribution in [0.3, 0.4) is 0 Å². The van der Waals surface area contributed by atoms with E-state index in [9.17, 15) is 9.90 Å². The fourth-order valence-electron chi connectivity index (χ4n) is 2.74. The van der Waals surface area contributed by atoms with E-state index in [1.54, 1.807) is 24.3 Å². The van der Waals surface area contributed by atoms with Gasteiger partial charge < -0.3 is 25.0 Å². The molecule has 3 rings (SSSR count). The maximum Gasteiger partial charge on any atom is 0.335 e. The van der Waals surface area contributed by atoms with Crippen molar-refractivity contribution in [1.82, 2.24) is 0 Å². The second-order valence-corrected chi connectivity index (χ2v) is 6.29. The molecule has 1 heterocycles. The summed E-state index contributed by atoms with van der Waals surface area (Å²) in [5.74, 6) is 0.522. The number of carboxylic acid groups (broad SMARTS) is 1. The molecule has 0 saturated carbocycles. The van der Waals surface area contributed by atoms with Gasteiger partial charge in [-0.1, -0.05) is 19.1 Å². The zero-order valence-electron chi connectivity index (χ0n) is 14.7. The summed E-state index contributed by atoms with van der Waals surface area (Å²) in [5.41, 5.74) is 3.06. The van der Waals surface area contributed by atoms with Crippen molar-refractivity contribution in [2.75, 3.05) is 18.5 Å². The van der Waals surface area contributed by atoms with Gasteiger partial charge >= 0.3 is 5.97 Å². The maximum atomic E-state index is 10.9. The van der Waals surface area contributed by atoms with Crippen LogP contribution >= 0.6 is 0 Å². The summed E-state index contributed by atoms with van der Waals surface area (Å²) in [5, 5.41) is 22.0. The third-order valence-corrected chi connectivity index (χ3v) is 4.39. The van der Waals surface area contributed by atoms with Crippen molar-refractivity contribution in [3.05, 3.63) is 53.1 Å². The lowest BCUT2D eigenvalue weighted by Crippen LogP contribution is -2.18. The predicted molar refractivity (Wildman–Crippen MR) is 98.2 cm³/mol. The number of aromatic carboxylic acids is 1. The molecule has 0 saturated heterocycles. The van der Waals surface area contributed by atoms with Crippen molar-refractivity contribution in [3.63, 3.8) is 0 Å². The van der Waals surface area contributed by atoms with E-state index in [1.807, 2.05) is 19.1 Å². The van der Waals surface area contributed by atoms with Gasteiger partial charge in [0.05, 0.1) is 24.0 Å². The van der Waals surface area contributed by atoms with Crippen LogP contribution in [0.1, 0.15) is 34.8 Å². The molecule has 6 heteroatoms. The first kappa shape index (κ1) is 18.1. The number of rotatable bonds is 8. The summed E-state index contributed by atoms with van der Waals surface area (Å²) < 4.78 is 11.6. The first-order chi connectivity index (χ1) is 12.6. The number of nitrogens with one attached hydrogen (secondary N) is 1. The van der Waals surface area contributed by atoms with Crippen LogP contribution in [0, 0.1) is 0 Å². The molecule has 6 nitrogen and oxygen atoms in total. The van der Waals surface area contributed by atoms with Crippen LogP contribution in [-0.4, -0.2) is 35.4 Å². The molecule has 1 unspecified atom stereocenters. The second-order valence-electron chi connectivity index (χ2n) is 6.29. The lowest BCUT2D eigenvalue weighted by atomic mass is 10.1. The Hall–Kier alpha value is -2.73. The fourth-order valence-corrected chi connectivity index (χ4v) is 2.74. The number of carboxylic acids is 1. The molecule has 0 radical (unpaired) electrons. The number of aliphatic hydroxyl groups excluding tert-OH is 1. The van der Waals surface area contributed by atoms with Crippen LogP contribution in [0.15, 0.2) is 36.4 Å². The first-order valence-corrected chi connectivity index (χ1v) is 8.73. The largest absolute Gasteiger partial charge is 0.493 e. The molecule has 1 aliphatic heterocycles. The van der Waals surface area contributed by atoms with E-state index >= 15 is 0 Å². The third-order valence-electron chi connectivity index (χ3n) is 4.39. The van der Waals surface area contributed by atoms with Gasteiger partial charge in [0, 0.05) is 19.0 Å². The molecule has 0 spiro atoms. The number of ether oxygens (including phenoxy) is 2. The first-order valence-electron chi connectivity index (χ1n) is 8.73. The molecule has 1 atom stereocenters. The quantitative estimate of drug-likeness (QED) is 0.673. The Balaban J connectivity index is 1.73. The molecule has 138 valence electrons. The monoisotopic (exact) mass is 357 g/mol. The van der Waals surface area contributed by atoms with Crippen molar-refractivity contribution in [2.24, 2.45) is 0 Å². The SMILES string of the molecule is CCC(O)CNc1cc2c(cc1OCc1ccc(C(=O)O)cc1)OCC2. The zero-order valence-corrected chi connectivity index (χ0v) is 14.7. The van der Waals surface area contributed by atoms with E-state index in [0.29, 0.717) is 31.9 Å². The Labute approximate surface area is 152 Å². The van der Waals surface area contributed by atoms with Crippen molar-refractivity contribution < 1.29 is 24.5 Å². The van der Waals surface area contributed by atoms with Gasteiger partial charge in [-0.2, -0.15) is 0 Å². The van der Waals surface area contributed by atoms with E-state index in [4.69, 9.17) is 14.6 Å². The maximum absolute atomic E-state index is 10.9. The highest BCUT2D eigenvalue weighted by atomic mass is 16.5.